The third kappa shape index (κ3) is 3.85. The van der Waals surface area contributed by atoms with Crippen LogP contribution in [0.1, 0.15) is 5.56 Å². The summed E-state index contributed by atoms with van der Waals surface area (Å²) in [6.07, 6.45) is 0. The molecule has 0 saturated carbocycles. The number of benzene rings is 2. The van der Waals surface area contributed by atoms with Crippen molar-refractivity contribution in [3.63, 3.8) is 0 Å². The van der Waals surface area contributed by atoms with Crippen molar-refractivity contribution in [2.45, 2.75) is 11.8 Å². The second-order valence-electron chi connectivity index (χ2n) is 4.99. The second-order valence-corrected chi connectivity index (χ2v) is 6.76. The maximum atomic E-state index is 12.1. The highest BCUT2D eigenvalue weighted by Gasteiger charge is 2.13. The first-order valence-corrected chi connectivity index (χ1v) is 8.37. The Labute approximate surface area is 131 Å². The minimum atomic E-state index is -3.50. The highest BCUT2D eigenvalue weighted by atomic mass is 32.2. The van der Waals surface area contributed by atoms with Gasteiger partial charge in [0.25, 0.3) is 0 Å². The van der Waals surface area contributed by atoms with Gasteiger partial charge in [0.05, 0.1) is 11.5 Å². The largest absolute Gasteiger partial charge is 0.399 e. The number of ether oxygens (including phenoxy) is 1. The maximum absolute atomic E-state index is 12.1. The van der Waals surface area contributed by atoms with Crippen LogP contribution in [-0.4, -0.2) is 28.7 Å². The van der Waals surface area contributed by atoms with Gasteiger partial charge in [0.2, 0.25) is 10.0 Å². The van der Waals surface area contributed by atoms with Gasteiger partial charge in [0, 0.05) is 19.3 Å². The van der Waals surface area contributed by atoms with Crippen LogP contribution < -0.4 is 10.5 Å². The number of sulfonamides is 1. The van der Waals surface area contributed by atoms with Crippen molar-refractivity contribution >= 4 is 15.7 Å². The molecule has 2 rings (SSSR count). The van der Waals surface area contributed by atoms with Crippen molar-refractivity contribution in [3.8, 4) is 11.1 Å². The summed E-state index contributed by atoms with van der Waals surface area (Å²) in [5.41, 5.74) is 9.51. The fraction of sp³-hybridized carbons (Fsp3) is 0.250. The van der Waals surface area contributed by atoms with Crippen LogP contribution in [0.5, 0.6) is 0 Å². The van der Waals surface area contributed by atoms with Gasteiger partial charge in [-0.15, -0.1) is 0 Å². The molecule has 2 aromatic rings. The van der Waals surface area contributed by atoms with Gasteiger partial charge in [0.15, 0.2) is 0 Å². The second kappa shape index (κ2) is 6.91. The molecule has 0 aliphatic carbocycles. The van der Waals surface area contributed by atoms with E-state index in [1.807, 2.05) is 25.1 Å². The third-order valence-electron chi connectivity index (χ3n) is 3.34. The predicted octanol–water partition coefficient (Wildman–Crippen LogP) is 2.17. The molecule has 6 heteroatoms. The lowest BCUT2D eigenvalue weighted by Crippen LogP contribution is -2.27. The molecule has 0 saturated heterocycles. The quantitative estimate of drug-likeness (QED) is 0.631. The van der Waals surface area contributed by atoms with E-state index in [2.05, 4.69) is 4.72 Å². The first kappa shape index (κ1) is 16.5. The monoisotopic (exact) mass is 320 g/mol. The Morgan fingerprint density at radius 2 is 1.82 bits per heavy atom. The van der Waals surface area contributed by atoms with Crippen molar-refractivity contribution in [3.05, 3.63) is 48.0 Å². The molecule has 0 heterocycles. The van der Waals surface area contributed by atoms with Crippen LogP contribution in [0.2, 0.25) is 0 Å². The molecule has 3 N–H and O–H groups in total. The number of nitrogen functional groups attached to an aromatic ring is 1. The van der Waals surface area contributed by atoms with Gasteiger partial charge in [-0.1, -0.05) is 18.2 Å². The zero-order chi connectivity index (χ0) is 16.2. The molecule has 5 nitrogen and oxygen atoms in total. The number of hydrogen-bond donors (Lipinski definition) is 2. The summed E-state index contributed by atoms with van der Waals surface area (Å²) in [6.45, 7) is 2.57. The van der Waals surface area contributed by atoms with Crippen LogP contribution in [0.25, 0.3) is 11.1 Å². The summed E-state index contributed by atoms with van der Waals surface area (Å²) in [7, 11) is -1.98. The zero-order valence-corrected chi connectivity index (χ0v) is 13.5. The van der Waals surface area contributed by atoms with Gasteiger partial charge >= 0.3 is 0 Å². The normalized spacial score (nSPS) is 11.5. The molecule has 0 unspecified atom stereocenters. The molecule has 0 aromatic heterocycles. The summed E-state index contributed by atoms with van der Waals surface area (Å²) in [4.78, 5) is 0.230. The Balaban J connectivity index is 2.25. The van der Waals surface area contributed by atoms with Crippen molar-refractivity contribution < 1.29 is 13.2 Å². The lowest BCUT2D eigenvalue weighted by atomic mass is 10.0. The minimum Gasteiger partial charge on any atom is -0.399 e. The average Bonchev–Trinajstić information content (AvgIpc) is 2.50. The standard InChI is InChI=1S/C16H20N2O3S/c1-12-3-6-14(17)11-16(12)13-4-7-15(8-5-13)22(19,20)18-9-10-21-2/h3-8,11,18H,9-10,17H2,1-2H3. The van der Waals surface area contributed by atoms with Gasteiger partial charge in [-0.2, -0.15) is 0 Å². The van der Waals surface area contributed by atoms with E-state index in [0.29, 0.717) is 12.3 Å². The molecule has 0 spiro atoms. The molecule has 0 fully saturated rings. The van der Waals surface area contributed by atoms with E-state index in [1.165, 1.54) is 7.11 Å². The number of methoxy groups -OCH3 is 1. The van der Waals surface area contributed by atoms with Gasteiger partial charge in [-0.05, 0) is 47.9 Å². The highest BCUT2D eigenvalue weighted by Crippen LogP contribution is 2.26. The number of aryl methyl sites for hydroxylation is 1. The maximum Gasteiger partial charge on any atom is 0.240 e. The lowest BCUT2D eigenvalue weighted by Gasteiger charge is -2.09. The fourth-order valence-electron chi connectivity index (χ4n) is 2.13. The molecule has 0 bridgehead atoms. The van der Waals surface area contributed by atoms with Crippen LogP contribution in [0.4, 0.5) is 5.69 Å². The molecule has 22 heavy (non-hydrogen) atoms. The lowest BCUT2D eigenvalue weighted by molar-refractivity contribution is 0.204. The van der Waals surface area contributed by atoms with E-state index in [9.17, 15) is 8.42 Å². The molecule has 0 amide bonds. The Kier molecular flexibility index (Phi) is 5.18. The van der Waals surface area contributed by atoms with E-state index >= 15 is 0 Å². The number of nitrogens with two attached hydrogens (primary N) is 1. The van der Waals surface area contributed by atoms with Gasteiger partial charge < -0.3 is 10.5 Å². The van der Waals surface area contributed by atoms with Crippen molar-refractivity contribution in [1.29, 1.82) is 0 Å². The summed E-state index contributed by atoms with van der Waals surface area (Å²) < 4.78 is 31.5. The number of anilines is 1. The Morgan fingerprint density at radius 1 is 1.14 bits per heavy atom. The number of nitrogens with one attached hydrogen (secondary N) is 1. The summed E-state index contributed by atoms with van der Waals surface area (Å²) in [5.74, 6) is 0. The van der Waals surface area contributed by atoms with Gasteiger partial charge in [-0.25, -0.2) is 13.1 Å². The SMILES string of the molecule is COCCNS(=O)(=O)c1ccc(-c2cc(N)ccc2C)cc1. The van der Waals surface area contributed by atoms with Crippen LogP contribution in [-0.2, 0) is 14.8 Å². The topological polar surface area (TPSA) is 81.4 Å². The summed E-state index contributed by atoms with van der Waals surface area (Å²) >= 11 is 0. The smallest absolute Gasteiger partial charge is 0.240 e. The van der Waals surface area contributed by atoms with Crippen LogP contribution in [0.15, 0.2) is 47.4 Å². The minimum absolute atomic E-state index is 0.230. The van der Waals surface area contributed by atoms with Crippen molar-refractivity contribution in [1.82, 2.24) is 4.72 Å². The molecule has 118 valence electrons. The molecular formula is C16H20N2O3S. The van der Waals surface area contributed by atoms with E-state index < -0.39 is 10.0 Å². The molecular weight excluding hydrogens is 300 g/mol. The van der Waals surface area contributed by atoms with Crippen LogP contribution >= 0.6 is 0 Å². The molecule has 0 aliphatic heterocycles. The number of hydrogen-bond acceptors (Lipinski definition) is 4. The predicted molar refractivity (Wildman–Crippen MR) is 88.1 cm³/mol. The average molecular weight is 320 g/mol. The van der Waals surface area contributed by atoms with Crippen LogP contribution in [0, 0.1) is 6.92 Å². The fourth-order valence-corrected chi connectivity index (χ4v) is 3.14. The summed E-state index contributed by atoms with van der Waals surface area (Å²) in [5, 5.41) is 0. The molecule has 0 aliphatic rings. The zero-order valence-electron chi connectivity index (χ0n) is 12.7. The first-order chi connectivity index (χ1) is 10.4. The Bertz CT molecular complexity index is 740. The Hall–Kier alpha value is -1.89. The van der Waals surface area contributed by atoms with E-state index in [1.54, 1.807) is 24.3 Å². The highest BCUT2D eigenvalue weighted by molar-refractivity contribution is 7.89. The number of rotatable bonds is 6. The molecule has 0 radical (unpaired) electrons. The molecule has 2 aromatic carbocycles. The Morgan fingerprint density at radius 3 is 2.45 bits per heavy atom. The van der Waals surface area contributed by atoms with E-state index in [-0.39, 0.29) is 11.4 Å². The van der Waals surface area contributed by atoms with Gasteiger partial charge in [0.1, 0.15) is 0 Å². The summed E-state index contributed by atoms with van der Waals surface area (Å²) in [6, 6.07) is 12.4. The van der Waals surface area contributed by atoms with Gasteiger partial charge in [-0.3, -0.25) is 0 Å². The third-order valence-corrected chi connectivity index (χ3v) is 4.81. The first-order valence-electron chi connectivity index (χ1n) is 6.89. The van der Waals surface area contributed by atoms with Crippen molar-refractivity contribution in [2.75, 3.05) is 26.0 Å². The molecule has 0 atom stereocenters. The van der Waals surface area contributed by atoms with E-state index in [0.717, 1.165) is 16.7 Å². The van der Waals surface area contributed by atoms with Crippen molar-refractivity contribution in [2.24, 2.45) is 0 Å². The van der Waals surface area contributed by atoms with E-state index in [4.69, 9.17) is 10.5 Å². The van der Waals surface area contributed by atoms with Crippen LogP contribution in [0.3, 0.4) is 0 Å².